The van der Waals surface area contributed by atoms with E-state index < -0.39 is 9.84 Å². The highest BCUT2D eigenvalue weighted by molar-refractivity contribution is 7.91. The molecule has 1 amide bonds. The summed E-state index contributed by atoms with van der Waals surface area (Å²) in [6.45, 7) is 0. The number of halogens is 1. The van der Waals surface area contributed by atoms with Gasteiger partial charge >= 0.3 is 0 Å². The van der Waals surface area contributed by atoms with Crippen LogP contribution in [0.3, 0.4) is 0 Å². The van der Waals surface area contributed by atoms with Crippen LogP contribution in [0.5, 0.6) is 0 Å². The van der Waals surface area contributed by atoms with Crippen molar-refractivity contribution in [1.29, 1.82) is 0 Å². The molecule has 0 radical (unpaired) electrons. The second-order valence-corrected chi connectivity index (χ2v) is 7.95. The molecule has 18 heavy (non-hydrogen) atoms. The molecule has 0 aromatic heterocycles. The van der Waals surface area contributed by atoms with Gasteiger partial charge in [0.2, 0.25) is 5.91 Å². The number of carbonyl (C=O) groups is 1. The zero-order valence-electron chi connectivity index (χ0n) is 10.4. The van der Waals surface area contributed by atoms with Gasteiger partial charge in [-0.1, -0.05) is 12.8 Å². The predicted molar refractivity (Wildman–Crippen MR) is 71.4 cm³/mol. The van der Waals surface area contributed by atoms with E-state index in [9.17, 15) is 13.2 Å². The van der Waals surface area contributed by atoms with Crippen LogP contribution in [0.2, 0.25) is 0 Å². The van der Waals surface area contributed by atoms with Crippen LogP contribution in [0.4, 0.5) is 0 Å². The molecule has 1 N–H and O–H groups in total. The van der Waals surface area contributed by atoms with Gasteiger partial charge in [-0.3, -0.25) is 4.79 Å². The molecule has 4 nitrogen and oxygen atoms in total. The lowest BCUT2D eigenvalue weighted by Gasteiger charge is -2.31. The summed E-state index contributed by atoms with van der Waals surface area (Å²) in [5.41, 5.74) is 0. The van der Waals surface area contributed by atoms with Crippen molar-refractivity contribution in [3.05, 3.63) is 0 Å². The molecule has 1 saturated carbocycles. The number of nitrogens with one attached hydrogen (secondary N) is 1. The molecule has 2 aliphatic rings. The molecule has 0 spiro atoms. The van der Waals surface area contributed by atoms with Crippen LogP contribution in [0.1, 0.15) is 32.1 Å². The first kappa shape index (κ1) is 14.1. The molecule has 1 aliphatic heterocycles. The van der Waals surface area contributed by atoms with Gasteiger partial charge < -0.3 is 5.32 Å². The summed E-state index contributed by atoms with van der Waals surface area (Å²) >= 11 is 5.92. The summed E-state index contributed by atoms with van der Waals surface area (Å²) in [5.74, 6) is 0.605. The monoisotopic (exact) mass is 293 g/mol. The summed E-state index contributed by atoms with van der Waals surface area (Å²) in [6.07, 6.45) is 4.76. The lowest BCUT2D eigenvalue weighted by molar-refractivity contribution is -0.125. The first-order valence-electron chi connectivity index (χ1n) is 6.58. The maximum atomic E-state index is 12.0. The van der Waals surface area contributed by atoms with Crippen LogP contribution in [0.25, 0.3) is 0 Å². The van der Waals surface area contributed by atoms with Crippen LogP contribution < -0.4 is 5.32 Å². The third kappa shape index (κ3) is 3.38. The fourth-order valence-electron chi connectivity index (χ4n) is 2.88. The standard InChI is InChI=1S/C12H20ClNO3S/c13-7-9-3-1-2-4-11(9)14-12(15)10-5-6-18(16,17)8-10/h9-11H,1-8H2,(H,14,15). The molecule has 0 aromatic carbocycles. The maximum absolute atomic E-state index is 12.0. The number of hydrogen-bond donors (Lipinski definition) is 1. The van der Waals surface area contributed by atoms with E-state index in [2.05, 4.69) is 5.32 Å². The van der Waals surface area contributed by atoms with E-state index >= 15 is 0 Å². The summed E-state index contributed by atoms with van der Waals surface area (Å²) in [4.78, 5) is 12.0. The van der Waals surface area contributed by atoms with E-state index in [1.54, 1.807) is 0 Å². The van der Waals surface area contributed by atoms with Gasteiger partial charge in [0.05, 0.1) is 17.4 Å². The lowest BCUT2D eigenvalue weighted by Crippen LogP contribution is -2.45. The molecular formula is C12H20ClNO3S. The quantitative estimate of drug-likeness (QED) is 0.799. The average molecular weight is 294 g/mol. The zero-order chi connectivity index (χ0) is 13.2. The van der Waals surface area contributed by atoms with Crippen LogP contribution in [0.15, 0.2) is 0 Å². The molecule has 1 saturated heterocycles. The van der Waals surface area contributed by atoms with Crippen molar-refractivity contribution in [2.45, 2.75) is 38.1 Å². The van der Waals surface area contributed by atoms with E-state index in [-0.39, 0.29) is 29.4 Å². The molecule has 1 heterocycles. The second kappa shape index (κ2) is 5.78. The Bertz CT molecular complexity index is 410. The van der Waals surface area contributed by atoms with E-state index in [1.807, 2.05) is 0 Å². The van der Waals surface area contributed by atoms with Crippen molar-refractivity contribution in [3.63, 3.8) is 0 Å². The van der Waals surface area contributed by atoms with E-state index in [0.717, 1.165) is 19.3 Å². The lowest BCUT2D eigenvalue weighted by atomic mass is 9.85. The molecule has 1 aliphatic carbocycles. The number of hydrogen-bond acceptors (Lipinski definition) is 3. The van der Waals surface area contributed by atoms with Crippen molar-refractivity contribution < 1.29 is 13.2 Å². The molecule has 0 aromatic rings. The third-order valence-electron chi connectivity index (χ3n) is 4.04. The Morgan fingerprint density at radius 2 is 1.94 bits per heavy atom. The Hall–Kier alpha value is -0.290. The normalized spacial score (nSPS) is 35.3. The Labute approximate surface area is 113 Å². The Morgan fingerprint density at radius 3 is 2.56 bits per heavy atom. The number of alkyl halides is 1. The summed E-state index contributed by atoms with van der Waals surface area (Å²) in [7, 11) is -2.99. The maximum Gasteiger partial charge on any atom is 0.224 e. The van der Waals surface area contributed by atoms with Crippen molar-refractivity contribution in [2.75, 3.05) is 17.4 Å². The number of rotatable bonds is 3. The highest BCUT2D eigenvalue weighted by atomic mass is 35.5. The van der Waals surface area contributed by atoms with Gasteiger partial charge in [0.1, 0.15) is 0 Å². The van der Waals surface area contributed by atoms with Gasteiger partial charge in [0, 0.05) is 11.9 Å². The summed E-state index contributed by atoms with van der Waals surface area (Å²) < 4.78 is 22.7. The average Bonchev–Trinajstić information content (AvgIpc) is 2.70. The van der Waals surface area contributed by atoms with Gasteiger partial charge in [0.25, 0.3) is 0 Å². The highest BCUT2D eigenvalue weighted by Crippen LogP contribution is 2.26. The Balaban J connectivity index is 1.90. The van der Waals surface area contributed by atoms with Gasteiger partial charge in [-0.25, -0.2) is 8.42 Å². The van der Waals surface area contributed by atoms with Crippen molar-refractivity contribution in [1.82, 2.24) is 5.32 Å². The minimum Gasteiger partial charge on any atom is -0.353 e. The fourth-order valence-corrected chi connectivity index (χ4v) is 5.00. The first-order chi connectivity index (χ1) is 8.52. The van der Waals surface area contributed by atoms with Crippen molar-refractivity contribution >= 4 is 27.3 Å². The third-order valence-corrected chi connectivity index (χ3v) is 6.20. The molecule has 0 bridgehead atoms. The topological polar surface area (TPSA) is 63.2 Å². The summed E-state index contributed by atoms with van der Waals surface area (Å²) in [6, 6.07) is 0.132. The largest absolute Gasteiger partial charge is 0.353 e. The minimum atomic E-state index is -2.99. The van der Waals surface area contributed by atoms with Gasteiger partial charge in [-0.05, 0) is 25.2 Å². The molecule has 3 unspecified atom stereocenters. The molecule has 104 valence electrons. The van der Waals surface area contributed by atoms with Gasteiger partial charge in [-0.15, -0.1) is 11.6 Å². The Kier molecular flexibility index (Phi) is 4.54. The SMILES string of the molecule is O=C(NC1CCCCC1CCl)C1CCS(=O)(=O)C1. The molecular weight excluding hydrogens is 274 g/mol. The predicted octanol–water partition coefficient (Wildman–Crippen LogP) is 1.33. The Morgan fingerprint density at radius 1 is 1.22 bits per heavy atom. The van der Waals surface area contributed by atoms with Crippen LogP contribution in [-0.2, 0) is 14.6 Å². The van der Waals surface area contributed by atoms with Crippen molar-refractivity contribution in [3.8, 4) is 0 Å². The minimum absolute atomic E-state index is 0.0110. The van der Waals surface area contributed by atoms with Gasteiger partial charge in [-0.2, -0.15) is 0 Å². The molecule has 6 heteroatoms. The van der Waals surface area contributed by atoms with Gasteiger partial charge in [0.15, 0.2) is 9.84 Å². The van der Waals surface area contributed by atoms with E-state index in [1.165, 1.54) is 6.42 Å². The smallest absolute Gasteiger partial charge is 0.224 e. The van der Waals surface area contributed by atoms with Crippen LogP contribution >= 0.6 is 11.6 Å². The number of amides is 1. The second-order valence-electron chi connectivity index (χ2n) is 5.41. The zero-order valence-corrected chi connectivity index (χ0v) is 12.0. The van der Waals surface area contributed by atoms with Crippen LogP contribution in [-0.4, -0.2) is 37.8 Å². The molecule has 2 fully saturated rings. The molecule has 3 atom stereocenters. The first-order valence-corrected chi connectivity index (χ1v) is 8.94. The number of carbonyl (C=O) groups excluding carboxylic acids is 1. The fraction of sp³-hybridized carbons (Fsp3) is 0.917. The van der Waals surface area contributed by atoms with Crippen LogP contribution in [0, 0.1) is 11.8 Å². The highest BCUT2D eigenvalue weighted by Gasteiger charge is 2.35. The summed E-state index contributed by atoms with van der Waals surface area (Å²) in [5, 5.41) is 3.01. The number of sulfone groups is 1. The van der Waals surface area contributed by atoms with E-state index in [0.29, 0.717) is 18.2 Å². The van der Waals surface area contributed by atoms with E-state index in [4.69, 9.17) is 11.6 Å². The molecule has 2 rings (SSSR count). The van der Waals surface area contributed by atoms with Crippen molar-refractivity contribution in [2.24, 2.45) is 11.8 Å².